The molecule has 2 rings (SSSR count). The van der Waals surface area contributed by atoms with Crippen molar-refractivity contribution < 1.29 is 5.11 Å². The van der Waals surface area contributed by atoms with Crippen molar-refractivity contribution in [2.45, 2.75) is 6.10 Å². The molecular formula is C11H11ClN2O. The number of aromatic nitrogens is 2. The van der Waals surface area contributed by atoms with E-state index in [9.17, 15) is 5.11 Å². The number of aryl methyl sites for hydroxylation is 1. The Bertz CT molecular complexity index is 467. The van der Waals surface area contributed by atoms with E-state index in [2.05, 4.69) is 4.98 Å². The van der Waals surface area contributed by atoms with E-state index in [-0.39, 0.29) is 0 Å². The maximum Gasteiger partial charge on any atom is 0.142 e. The molecule has 1 atom stereocenters. The lowest BCUT2D eigenvalue weighted by Crippen LogP contribution is -2.07. The van der Waals surface area contributed by atoms with Gasteiger partial charge in [-0.25, -0.2) is 4.98 Å². The van der Waals surface area contributed by atoms with Gasteiger partial charge in [-0.05, 0) is 6.07 Å². The van der Waals surface area contributed by atoms with E-state index in [4.69, 9.17) is 11.6 Å². The van der Waals surface area contributed by atoms with Gasteiger partial charge in [0, 0.05) is 30.0 Å². The Labute approximate surface area is 93.0 Å². The summed E-state index contributed by atoms with van der Waals surface area (Å²) in [6.45, 7) is 0. The topological polar surface area (TPSA) is 38.0 Å². The number of imidazole rings is 1. The minimum Gasteiger partial charge on any atom is -0.380 e. The lowest BCUT2D eigenvalue weighted by atomic mass is 10.1. The Morgan fingerprint density at radius 1 is 1.40 bits per heavy atom. The van der Waals surface area contributed by atoms with E-state index in [1.54, 1.807) is 29.1 Å². The van der Waals surface area contributed by atoms with Crippen LogP contribution in [0.5, 0.6) is 0 Å². The first-order valence-electron chi connectivity index (χ1n) is 4.60. The van der Waals surface area contributed by atoms with Crippen molar-refractivity contribution in [1.29, 1.82) is 0 Å². The zero-order valence-electron chi connectivity index (χ0n) is 8.26. The summed E-state index contributed by atoms with van der Waals surface area (Å²) >= 11 is 5.99. The minimum atomic E-state index is -0.779. The van der Waals surface area contributed by atoms with Gasteiger partial charge in [0.25, 0.3) is 0 Å². The van der Waals surface area contributed by atoms with Gasteiger partial charge < -0.3 is 9.67 Å². The van der Waals surface area contributed by atoms with E-state index in [0.29, 0.717) is 16.4 Å². The zero-order valence-corrected chi connectivity index (χ0v) is 9.02. The number of aliphatic hydroxyl groups is 1. The van der Waals surface area contributed by atoms with Crippen LogP contribution in [0.25, 0.3) is 0 Å². The highest BCUT2D eigenvalue weighted by Crippen LogP contribution is 2.26. The zero-order chi connectivity index (χ0) is 10.8. The van der Waals surface area contributed by atoms with Gasteiger partial charge in [0.05, 0.1) is 0 Å². The molecule has 4 heteroatoms. The van der Waals surface area contributed by atoms with Gasteiger partial charge in [-0.1, -0.05) is 29.8 Å². The number of hydrogen-bond donors (Lipinski definition) is 1. The molecule has 0 aliphatic carbocycles. The van der Waals surface area contributed by atoms with Crippen LogP contribution in [0.3, 0.4) is 0 Å². The van der Waals surface area contributed by atoms with E-state index >= 15 is 0 Å². The quantitative estimate of drug-likeness (QED) is 0.846. The summed E-state index contributed by atoms with van der Waals surface area (Å²) < 4.78 is 1.77. The molecule has 0 radical (unpaired) electrons. The molecular weight excluding hydrogens is 212 g/mol. The van der Waals surface area contributed by atoms with E-state index in [1.165, 1.54) is 0 Å². The molecule has 3 nitrogen and oxygen atoms in total. The van der Waals surface area contributed by atoms with Crippen molar-refractivity contribution in [1.82, 2.24) is 9.55 Å². The Kier molecular flexibility index (Phi) is 2.75. The largest absolute Gasteiger partial charge is 0.380 e. The van der Waals surface area contributed by atoms with Crippen LogP contribution in [0.4, 0.5) is 0 Å². The van der Waals surface area contributed by atoms with Gasteiger partial charge in [0.2, 0.25) is 0 Å². The van der Waals surface area contributed by atoms with Crippen LogP contribution in [0, 0.1) is 0 Å². The normalized spacial score (nSPS) is 12.7. The third kappa shape index (κ3) is 1.89. The van der Waals surface area contributed by atoms with Crippen molar-refractivity contribution >= 4 is 11.6 Å². The monoisotopic (exact) mass is 222 g/mol. The predicted molar refractivity (Wildman–Crippen MR) is 58.7 cm³/mol. The van der Waals surface area contributed by atoms with Gasteiger partial charge in [-0.15, -0.1) is 0 Å². The molecule has 15 heavy (non-hydrogen) atoms. The average Bonchev–Trinajstić information content (AvgIpc) is 2.64. The first-order valence-corrected chi connectivity index (χ1v) is 4.97. The first kappa shape index (κ1) is 10.2. The first-order chi connectivity index (χ1) is 7.20. The molecule has 0 aliphatic heterocycles. The van der Waals surface area contributed by atoms with Crippen LogP contribution in [0.1, 0.15) is 17.5 Å². The third-order valence-corrected chi connectivity index (χ3v) is 2.65. The standard InChI is InChI=1S/C11H11ClN2O/c1-14-7-6-13-11(14)10(15)8-4-2-3-5-9(8)12/h2-7,10,15H,1H3/t10-/m1/s1. The Balaban J connectivity index is 2.41. The highest BCUT2D eigenvalue weighted by Gasteiger charge is 2.16. The molecule has 0 saturated carbocycles. The summed E-state index contributed by atoms with van der Waals surface area (Å²) in [5.74, 6) is 0.586. The maximum atomic E-state index is 10.1. The summed E-state index contributed by atoms with van der Waals surface area (Å²) in [5, 5.41) is 10.6. The molecule has 2 aromatic rings. The molecule has 0 amide bonds. The smallest absolute Gasteiger partial charge is 0.142 e. The molecule has 0 bridgehead atoms. The number of benzene rings is 1. The van der Waals surface area contributed by atoms with Crippen molar-refractivity contribution in [3.05, 3.63) is 53.1 Å². The Hall–Kier alpha value is -1.32. The maximum absolute atomic E-state index is 10.1. The van der Waals surface area contributed by atoms with E-state index in [1.807, 2.05) is 19.2 Å². The lowest BCUT2D eigenvalue weighted by Gasteiger charge is -2.12. The predicted octanol–water partition coefficient (Wildman–Crippen LogP) is 2.16. The second-order valence-corrected chi connectivity index (χ2v) is 3.73. The molecule has 1 heterocycles. The Morgan fingerprint density at radius 2 is 2.13 bits per heavy atom. The van der Waals surface area contributed by atoms with Crippen LogP contribution >= 0.6 is 11.6 Å². The molecule has 78 valence electrons. The van der Waals surface area contributed by atoms with Gasteiger partial charge in [0.15, 0.2) is 0 Å². The summed E-state index contributed by atoms with van der Waals surface area (Å²) in [7, 11) is 1.84. The van der Waals surface area contributed by atoms with Crippen molar-refractivity contribution in [2.75, 3.05) is 0 Å². The van der Waals surface area contributed by atoms with Gasteiger partial charge >= 0.3 is 0 Å². The molecule has 0 aliphatic rings. The summed E-state index contributed by atoms with van der Waals surface area (Å²) in [6.07, 6.45) is 2.66. The number of halogens is 1. The van der Waals surface area contributed by atoms with E-state index < -0.39 is 6.10 Å². The molecule has 0 spiro atoms. The van der Waals surface area contributed by atoms with Gasteiger partial charge in [-0.3, -0.25) is 0 Å². The number of hydrogen-bond acceptors (Lipinski definition) is 2. The highest BCUT2D eigenvalue weighted by molar-refractivity contribution is 6.31. The van der Waals surface area contributed by atoms with Crippen LogP contribution in [0.2, 0.25) is 5.02 Å². The molecule has 1 aromatic carbocycles. The fourth-order valence-corrected chi connectivity index (χ4v) is 1.72. The third-order valence-electron chi connectivity index (χ3n) is 2.30. The summed E-state index contributed by atoms with van der Waals surface area (Å²) in [5.41, 5.74) is 0.675. The lowest BCUT2D eigenvalue weighted by molar-refractivity contribution is 0.206. The minimum absolute atomic E-state index is 0.549. The average molecular weight is 223 g/mol. The van der Waals surface area contributed by atoms with Gasteiger partial charge in [-0.2, -0.15) is 0 Å². The number of rotatable bonds is 2. The molecule has 1 N–H and O–H groups in total. The fraction of sp³-hybridized carbons (Fsp3) is 0.182. The van der Waals surface area contributed by atoms with Crippen molar-refractivity contribution in [3.63, 3.8) is 0 Å². The van der Waals surface area contributed by atoms with Crippen molar-refractivity contribution in [3.8, 4) is 0 Å². The molecule has 1 aromatic heterocycles. The van der Waals surface area contributed by atoms with Crippen LogP contribution in [-0.4, -0.2) is 14.7 Å². The van der Waals surface area contributed by atoms with E-state index in [0.717, 1.165) is 0 Å². The summed E-state index contributed by atoms with van der Waals surface area (Å²) in [4.78, 5) is 4.09. The second-order valence-electron chi connectivity index (χ2n) is 3.32. The van der Waals surface area contributed by atoms with Crippen molar-refractivity contribution in [2.24, 2.45) is 7.05 Å². The Morgan fingerprint density at radius 3 is 2.73 bits per heavy atom. The van der Waals surface area contributed by atoms with Gasteiger partial charge in [0.1, 0.15) is 11.9 Å². The number of nitrogens with zero attached hydrogens (tertiary/aromatic N) is 2. The molecule has 0 saturated heterocycles. The van der Waals surface area contributed by atoms with Crippen LogP contribution < -0.4 is 0 Å². The summed E-state index contributed by atoms with van der Waals surface area (Å²) in [6, 6.07) is 7.22. The van der Waals surface area contributed by atoms with Crippen LogP contribution in [0.15, 0.2) is 36.7 Å². The SMILES string of the molecule is Cn1ccnc1[C@H](O)c1ccccc1Cl. The number of aliphatic hydroxyl groups excluding tert-OH is 1. The molecule has 0 fully saturated rings. The highest BCUT2D eigenvalue weighted by atomic mass is 35.5. The second kappa shape index (κ2) is 4.04. The molecule has 0 unspecified atom stereocenters. The fourth-order valence-electron chi connectivity index (χ4n) is 1.48. The van der Waals surface area contributed by atoms with Crippen LogP contribution in [-0.2, 0) is 7.05 Å².